The number of aromatic nitrogens is 2. The second kappa shape index (κ2) is 9.24. The molecular weight excluding hydrogens is 202 g/mol. The average molecular weight is 223 g/mol. The molecule has 1 heterocycles. The third-order valence-electron chi connectivity index (χ3n) is 2.23. The summed E-state index contributed by atoms with van der Waals surface area (Å²) in [5.41, 5.74) is 1.03. The third-order valence-corrected chi connectivity index (χ3v) is 2.23. The lowest BCUT2D eigenvalue weighted by molar-refractivity contribution is 0.128. The van der Waals surface area contributed by atoms with Crippen LogP contribution in [0.15, 0.2) is 18.6 Å². The number of hydrogen-bond donors (Lipinski definition) is 1. The number of nitrogens with one attached hydrogen (secondary N) is 1. The molecule has 0 amide bonds. The van der Waals surface area contributed by atoms with Gasteiger partial charge in [-0.2, -0.15) is 0 Å². The summed E-state index contributed by atoms with van der Waals surface area (Å²) in [7, 11) is 0. The molecular formula is C12H21N3O. The summed E-state index contributed by atoms with van der Waals surface area (Å²) in [6.45, 7) is 5.68. The highest BCUT2D eigenvalue weighted by Crippen LogP contribution is 1.91. The van der Waals surface area contributed by atoms with Crippen molar-refractivity contribution in [3.8, 4) is 0 Å². The Bertz CT molecular complexity index is 254. The minimum atomic E-state index is 0.803. The molecule has 0 aliphatic rings. The van der Waals surface area contributed by atoms with Crippen LogP contribution in [0.3, 0.4) is 0 Å². The lowest BCUT2D eigenvalue weighted by Crippen LogP contribution is -2.17. The summed E-state index contributed by atoms with van der Waals surface area (Å²) in [4.78, 5) is 8.00. The van der Waals surface area contributed by atoms with Gasteiger partial charge in [0, 0.05) is 26.0 Å². The van der Waals surface area contributed by atoms with Crippen LogP contribution in [0.1, 0.15) is 31.9 Å². The Morgan fingerprint density at radius 1 is 1.31 bits per heavy atom. The molecule has 16 heavy (non-hydrogen) atoms. The van der Waals surface area contributed by atoms with Gasteiger partial charge in [-0.3, -0.25) is 0 Å². The fourth-order valence-corrected chi connectivity index (χ4v) is 1.29. The molecule has 4 heteroatoms. The molecule has 0 saturated heterocycles. The van der Waals surface area contributed by atoms with Crippen molar-refractivity contribution in [1.82, 2.24) is 15.3 Å². The van der Waals surface area contributed by atoms with Crippen LogP contribution in [0.5, 0.6) is 0 Å². The topological polar surface area (TPSA) is 47.0 Å². The van der Waals surface area contributed by atoms with Gasteiger partial charge in [0.05, 0.1) is 5.69 Å². The van der Waals surface area contributed by atoms with Crippen LogP contribution in [0.25, 0.3) is 0 Å². The van der Waals surface area contributed by atoms with Crippen LogP contribution >= 0.6 is 0 Å². The van der Waals surface area contributed by atoms with E-state index >= 15 is 0 Å². The Hall–Kier alpha value is -1.00. The standard InChI is InChI=1S/C12H21N3O/c1-2-3-8-16-9-4-6-13-10-12-5-7-14-11-15-12/h5,7,11,13H,2-4,6,8-10H2,1H3. The van der Waals surface area contributed by atoms with E-state index in [0.717, 1.165) is 44.8 Å². The molecule has 0 radical (unpaired) electrons. The minimum absolute atomic E-state index is 0.803. The number of rotatable bonds is 9. The maximum atomic E-state index is 5.46. The Morgan fingerprint density at radius 3 is 2.94 bits per heavy atom. The molecule has 1 rings (SSSR count). The summed E-state index contributed by atoms with van der Waals surface area (Å²) in [6, 6.07) is 1.92. The Morgan fingerprint density at radius 2 is 2.19 bits per heavy atom. The molecule has 0 saturated carbocycles. The zero-order valence-corrected chi connectivity index (χ0v) is 9.98. The van der Waals surface area contributed by atoms with E-state index in [2.05, 4.69) is 22.2 Å². The zero-order valence-electron chi connectivity index (χ0n) is 9.98. The molecule has 0 aliphatic heterocycles. The Balaban J connectivity index is 1.89. The second-order valence-corrected chi connectivity index (χ2v) is 3.70. The Labute approximate surface area is 97.5 Å². The van der Waals surface area contributed by atoms with Crippen molar-refractivity contribution in [3.05, 3.63) is 24.3 Å². The first kappa shape index (κ1) is 13.1. The van der Waals surface area contributed by atoms with E-state index in [1.807, 2.05) is 6.07 Å². The van der Waals surface area contributed by atoms with E-state index < -0.39 is 0 Å². The fourth-order valence-electron chi connectivity index (χ4n) is 1.29. The molecule has 1 N–H and O–H groups in total. The van der Waals surface area contributed by atoms with E-state index in [0.29, 0.717) is 0 Å². The number of nitrogens with zero attached hydrogens (tertiary/aromatic N) is 2. The lowest BCUT2D eigenvalue weighted by atomic mass is 10.3. The predicted molar refractivity (Wildman–Crippen MR) is 64.1 cm³/mol. The van der Waals surface area contributed by atoms with E-state index in [1.165, 1.54) is 6.42 Å². The lowest BCUT2D eigenvalue weighted by Gasteiger charge is -2.05. The van der Waals surface area contributed by atoms with E-state index in [4.69, 9.17) is 4.74 Å². The fraction of sp³-hybridized carbons (Fsp3) is 0.667. The molecule has 0 aromatic carbocycles. The summed E-state index contributed by atoms with van der Waals surface area (Å²) in [6.07, 6.45) is 6.75. The number of ether oxygens (including phenoxy) is 1. The monoisotopic (exact) mass is 223 g/mol. The van der Waals surface area contributed by atoms with Gasteiger partial charge < -0.3 is 10.1 Å². The van der Waals surface area contributed by atoms with Crippen molar-refractivity contribution in [1.29, 1.82) is 0 Å². The summed E-state index contributed by atoms with van der Waals surface area (Å²) in [5.74, 6) is 0. The summed E-state index contributed by atoms with van der Waals surface area (Å²) >= 11 is 0. The smallest absolute Gasteiger partial charge is 0.115 e. The third kappa shape index (κ3) is 6.48. The normalized spacial score (nSPS) is 10.6. The van der Waals surface area contributed by atoms with E-state index in [9.17, 15) is 0 Å². The highest BCUT2D eigenvalue weighted by atomic mass is 16.5. The van der Waals surface area contributed by atoms with Gasteiger partial charge in [-0.1, -0.05) is 13.3 Å². The maximum Gasteiger partial charge on any atom is 0.115 e. The average Bonchev–Trinajstić information content (AvgIpc) is 2.34. The number of hydrogen-bond acceptors (Lipinski definition) is 4. The van der Waals surface area contributed by atoms with Gasteiger partial charge in [0.2, 0.25) is 0 Å². The number of unbranched alkanes of at least 4 members (excludes halogenated alkanes) is 1. The molecule has 0 aliphatic carbocycles. The van der Waals surface area contributed by atoms with Crippen LogP contribution in [0, 0.1) is 0 Å². The van der Waals surface area contributed by atoms with Crippen molar-refractivity contribution in [3.63, 3.8) is 0 Å². The van der Waals surface area contributed by atoms with Gasteiger partial charge >= 0.3 is 0 Å². The zero-order chi connectivity index (χ0) is 11.5. The molecule has 0 atom stereocenters. The highest BCUT2D eigenvalue weighted by Gasteiger charge is 1.92. The van der Waals surface area contributed by atoms with Crippen LogP contribution in [-0.4, -0.2) is 29.7 Å². The molecule has 0 unspecified atom stereocenters. The van der Waals surface area contributed by atoms with Crippen molar-refractivity contribution >= 4 is 0 Å². The van der Waals surface area contributed by atoms with Gasteiger partial charge in [0.1, 0.15) is 6.33 Å². The summed E-state index contributed by atoms with van der Waals surface area (Å²) in [5, 5.41) is 3.32. The van der Waals surface area contributed by atoms with Crippen molar-refractivity contribution in [2.24, 2.45) is 0 Å². The van der Waals surface area contributed by atoms with Crippen LogP contribution < -0.4 is 5.32 Å². The molecule has 1 aromatic heterocycles. The van der Waals surface area contributed by atoms with Gasteiger partial charge in [-0.15, -0.1) is 0 Å². The predicted octanol–water partition coefficient (Wildman–Crippen LogP) is 1.77. The van der Waals surface area contributed by atoms with Gasteiger partial charge in [-0.05, 0) is 25.5 Å². The molecule has 1 aromatic rings. The minimum Gasteiger partial charge on any atom is -0.381 e. The van der Waals surface area contributed by atoms with Crippen molar-refractivity contribution in [2.75, 3.05) is 19.8 Å². The molecule has 0 bridgehead atoms. The van der Waals surface area contributed by atoms with E-state index in [1.54, 1.807) is 12.5 Å². The SMILES string of the molecule is CCCCOCCCNCc1ccncn1. The quantitative estimate of drug-likeness (QED) is 0.648. The van der Waals surface area contributed by atoms with Gasteiger partial charge in [0.15, 0.2) is 0 Å². The highest BCUT2D eigenvalue weighted by molar-refractivity contribution is 4.96. The maximum absolute atomic E-state index is 5.46. The molecule has 4 nitrogen and oxygen atoms in total. The van der Waals surface area contributed by atoms with Crippen LogP contribution in [0.2, 0.25) is 0 Å². The second-order valence-electron chi connectivity index (χ2n) is 3.70. The first-order valence-corrected chi connectivity index (χ1v) is 5.97. The first-order valence-electron chi connectivity index (χ1n) is 5.97. The largest absolute Gasteiger partial charge is 0.381 e. The van der Waals surface area contributed by atoms with Crippen molar-refractivity contribution in [2.45, 2.75) is 32.7 Å². The summed E-state index contributed by atoms with van der Waals surface area (Å²) < 4.78 is 5.46. The molecule has 90 valence electrons. The molecule has 0 fully saturated rings. The van der Waals surface area contributed by atoms with Crippen LogP contribution in [-0.2, 0) is 11.3 Å². The van der Waals surface area contributed by atoms with E-state index in [-0.39, 0.29) is 0 Å². The van der Waals surface area contributed by atoms with Gasteiger partial charge in [-0.25, -0.2) is 9.97 Å². The molecule has 0 spiro atoms. The van der Waals surface area contributed by atoms with Crippen molar-refractivity contribution < 1.29 is 4.74 Å². The Kier molecular flexibility index (Phi) is 7.55. The first-order chi connectivity index (χ1) is 7.93. The van der Waals surface area contributed by atoms with Gasteiger partial charge in [0.25, 0.3) is 0 Å². The van der Waals surface area contributed by atoms with Crippen LogP contribution in [0.4, 0.5) is 0 Å².